The number of benzene rings is 1. The Morgan fingerprint density at radius 1 is 0.958 bits per heavy atom. The lowest BCUT2D eigenvalue weighted by atomic mass is 10.1. The molecular weight excluding hydrogens is 302 g/mol. The van der Waals surface area contributed by atoms with Crippen LogP contribution in [0.15, 0.2) is 30.3 Å². The van der Waals surface area contributed by atoms with Crippen molar-refractivity contribution >= 4 is 11.6 Å². The van der Waals surface area contributed by atoms with E-state index in [1.54, 1.807) is 9.36 Å². The highest BCUT2D eigenvalue weighted by Crippen LogP contribution is 2.22. The van der Waals surface area contributed by atoms with Gasteiger partial charge >= 0.3 is 0 Å². The fraction of sp³-hybridized carbons (Fsp3) is 0.278. The van der Waals surface area contributed by atoms with Gasteiger partial charge in [-0.3, -0.25) is 9.48 Å². The predicted molar refractivity (Wildman–Crippen MR) is 93.7 cm³/mol. The number of carbonyl (C=O) groups excluding carboxylic acids is 1. The first-order valence-corrected chi connectivity index (χ1v) is 7.83. The third-order valence-corrected chi connectivity index (χ3v) is 4.27. The third-order valence-electron chi connectivity index (χ3n) is 4.27. The van der Waals surface area contributed by atoms with Gasteiger partial charge in [0.2, 0.25) is 0 Å². The molecule has 2 aromatic heterocycles. The lowest BCUT2D eigenvalue weighted by molar-refractivity contribution is 0.102. The van der Waals surface area contributed by atoms with E-state index in [1.165, 1.54) is 0 Å². The van der Waals surface area contributed by atoms with Crippen LogP contribution in [0.4, 0.5) is 5.69 Å². The van der Waals surface area contributed by atoms with E-state index in [4.69, 9.17) is 0 Å². The third kappa shape index (κ3) is 2.60. The second kappa shape index (κ2) is 5.96. The molecule has 1 N–H and O–H groups in total. The molecule has 0 atom stereocenters. The molecule has 0 fully saturated rings. The van der Waals surface area contributed by atoms with Crippen LogP contribution in [0.2, 0.25) is 0 Å². The summed E-state index contributed by atoms with van der Waals surface area (Å²) in [7, 11) is 1.86. The van der Waals surface area contributed by atoms with Gasteiger partial charge in [-0.2, -0.15) is 10.2 Å². The molecule has 124 valence electrons. The van der Waals surface area contributed by atoms with Crippen molar-refractivity contribution in [2.45, 2.75) is 27.7 Å². The first-order chi connectivity index (χ1) is 11.4. The number of nitrogens with one attached hydrogen (secondary N) is 1. The zero-order chi connectivity index (χ0) is 17.4. The molecule has 0 saturated heterocycles. The van der Waals surface area contributed by atoms with E-state index in [-0.39, 0.29) is 5.91 Å². The van der Waals surface area contributed by atoms with Gasteiger partial charge in [0, 0.05) is 7.05 Å². The second-order valence-electron chi connectivity index (χ2n) is 5.92. The summed E-state index contributed by atoms with van der Waals surface area (Å²) in [6, 6.07) is 9.80. The van der Waals surface area contributed by atoms with Crippen LogP contribution >= 0.6 is 0 Å². The molecule has 3 rings (SSSR count). The van der Waals surface area contributed by atoms with E-state index < -0.39 is 0 Å². The number of carbonyl (C=O) groups is 1. The molecule has 0 unspecified atom stereocenters. The maximum atomic E-state index is 12.8. The van der Waals surface area contributed by atoms with E-state index in [0.717, 1.165) is 28.5 Å². The number of hydrogen-bond acceptors (Lipinski definition) is 3. The predicted octanol–water partition coefficient (Wildman–Crippen LogP) is 3.09. The molecule has 0 spiro atoms. The van der Waals surface area contributed by atoms with Gasteiger partial charge in [0.25, 0.3) is 5.91 Å². The van der Waals surface area contributed by atoms with Gasteiger partial charge in [0.05, 0.1) is 39.7 Å². The van der Waals surface area contributed by atoms with Gasteiger partial charge in [0.1, 0.15) is 0 Å². The molecule has 0 saturated carbocycles. The van der Waals surface area contributed by atoms with Crippen LogP contribution in [0.1, 0.15) is 33.1 Å². The van der Waals surface area contributed by atoms with Gasteiger partial charge in [-0.15, -0.1) is 0 Å². The number of hydrogen-bond donors (Lipinski definition) is 1. The Bertz CT molecular complexity index is 905. The fourth-order valence-electron chi connectivity index (χ4n) is 2.92. The average Bonchev–Trinajstić information content (AvgIpc) is 2.98. The van der Waals surface area contributed by atoms with Crippen LogP contribution < -0.4 is 5.32 Å². The van der Waals surface area contributed by atoms with Gasteiger partial charge in [-0.05, 0) is 39.8 Å². The SMILES string of the molecule is Cc1nn(C)c(C)c1NC(=O)c1c(C)nn(-c2ccccc2)c1C. The molecular formula is C18H21N5O. The molecule has 1 amide bonds. The van der Waals surface area contributed by atoms with Gasteiger partial charge in [-0.1, -0.05) is 18.2 Å². The summed E-state index contributed by atoms with van der Waals surface area (Å²) in [5, 5.41) is 11.9. The Kier molecular flexibility index (Phi) is 3.97. The van der Waals surface area contributed by atoms with Gasteiger partial charge in [0.15, 0.2) is 0 Å². The van der Waals surface area contributed by atoms with Crippen LogP contribution in [0.25, 0.3) is 5.69 Å². The highest BCUT2D eigenvalue weighted by atomic mass is 16.1. The number of amides is 1. The zero-order valence-corrected chi connectivity index (χ0v) is 14.6. The first kappa shape index (κ1) is 16.0. The zero-order valence-electron chi connectivity index (χ0n) is 14.6. The van der Waals surface area contributed by atoms with E-state index in [1.807, 2.05) is 65.1 Å². The van der Waals surface area contributed by atoms with Crippen molar-refractivity contribution in [2.24, 2.45) is 7.05 Å². The van der Waals surface area contributed by atoms with Crippen molar-refractivity contribution in [3.8, 4) is 5.69 Å². The Morgan fingerprint density at radius 2 is 1.62 bits per heavy atom. The molecule has 0 aliphatic heterocycles. The lowest BCUT2D eigenvalue weighted by Gasteiger charge is -2.07. The number of aromatic nitrogens is 4. The van der Waals surface area contributed by atoms with E-state index >= 15 is 0 Å². The van der Waals surface area contributed by atoms with E-state index in [2.05, 4.69) is 15.5 Å². The summed E-state index contributed by atoms with van der Waals surface area (Å²) in [4.78, 5) is 12.8. The van der Waals surface area contributed by atoms with Gasteiger partial charge < -0.3 is 5.32 Å². The average molecular weight is 323 g/mol. The number of para-hydroxylation sites is 1. The Hall–Kier alpha value is -2.89. The number of rotatable bonds is 3. The summed E-state index contributed by atoms with van der Waals surface area (Å²) in [6.45, 7) is 7.58. The Morgan fingerprint density at radius 3 is 2.21 bits per heavy atom. The number of anilines is 1. The van der Waals surface area contributed by atoms with Crippen molar-refractivity contribution in [2.75, 3.05) is 5.32 Å². The van der Waals surface area contributed by atoms with Crippen molar-refractivity contribution in [1.29, 1.82) is 0 Å². The van der Waals surface area contributed by atoms with Crippen molar-refractivity contribution < 1.29 is 4.79 Å². The maximum Gasteiger partial charge on any atom is 0.259 e. The summed E-state index contributed by atoms with van der Waals surface area (Å²) in [6.07, 6.45) is 0. The fourth-order valence-corrected chi connectivity index (χ4v) is 2.92. The Balaban J connectivity index is 1.98. The quantitative estimate of drug-likeness (QED) is 0.805. The summed E-state index contributed by atoms with van der Waals surface area (Å²) in [5.74, 6) is -0.161. The summed E-state index contributed by atoms with van der Waals surface area (Å²) in [5.41, 5.74) is 5.53. The number of nitrogens with zero attached hydrogens (tertiary/aromatic N) is 4. The minimum Gasteiger partial charge on any atom is -0.319 e. The molecule has 2 heterocycles. The molecule has 24 heavy (non-hydrogen) atoms. The Labute approximate surface area is 141 Å². The molecule has 6 heteroatoms. The van der Waals surface area contributed by atoms with Crippen molar-refractivity contribution in [1.82, 2.24) is 19.6 Å². The highest BCUT2D eigenvalue weighted by molar-refractivity contribution is 6.06. The molecule has 3 aromatic rings. The normalized spacial score (nSPS) is 10.9. The van der Waals surface area contributed by atoms with Crippen molar-refractivity contribution in [3.05, 3.63) is 58.7 Å². The maximum absolute atomic E-state index is 12.8. The summed E-state index contributed by atoms with van der Waals surface area (Å²) >= 11 is 0. The standard InChI is InChI=1S/C18H21N5O/c1-11-16(13(3)23(21-11)15-9-7-6-8-10-15)18(24)19-17-12(2)20-22(5)14(17)4/h6-10H,1-5H3,(H,19,24). The molecule has 0 bridgehead atoms. The van der Waals surface area contributed by atoms with E-state index in [9.17, 15) is 4.79 Å². The topological polar surface area (TPSA) is 64.7 Å². The molecule has 0 aliphatic carbocycles. The van der Waals surface area contributed by atoms with Crippen LogP contribution in [-0.4, -0.2) is 25.5 Å². The molecule has 6 nitrogen and oxygen atoms in total. The highest BCUT2D eigenvalue weighted by Gasteiger charge is 2.21. The van der Waals surface area contributed by atoms with Crippen LogP contribution in [0.5, 0.6) is 0 Å². The minimum atomic E-state index is -0.161. The smallest absolute Gasteiger partial charge is 0.259 e. The molecule has 0 radical (unpaired) electrons. The van der Waals surface area contributed by atoms with E-state index in [0.29, 0.717) is 11.3 Å². The minimum absolute atomic E-state index is 0.161. The lowest BCUT2D eigenvalue weighted by Crippen LogP contribution is -2.15. The second-order valence-corrected chi connectivity index (χ2v) is 5.92. The van der Waals surface area contributed by atoms with Gasteiger partial charge in [-0.25, -0.2) is 4.68 Å². The number of aryl methyl sites for hydroxylation is 3. The van der Waals surface area contributed by atoms with Crippen LogP contribution in [0.3, 0.4) is 0 Å². The summed E-state index contributed by atoms with van der Waals surface area (Å²) < 4.78 is 3.56. The monoisotopic (exact) mass is 323 g/mol. The largest absolute Gasteiger partial charge is 0.319 e. The van der Waals surface area contributed by atoms with Crippen LogP contribution in [0, 0.1) is 27.7 Å². The molecule has 0 aliphatic rings. The van der Waals surface area contributed by atoms with Crippen molar-refractivity contribution in [3.63, 3.8) is 0 Å². The molecule has 1 aromatic carbocycles. The van der Waals surface area contributed by atoms with Crippen LogP contribution in [-0.2, 0) is 7.05 Å². The first-order valence-electron chi connectivity index (χ1n) is 7.83.